The molecule has 0 N–H and O–H groups in total. The summed E-state index contributed by atoms with van der Waals surface area (Å²) in [6.45, 7) is 10.9. The van der Waals surface area contributed by atoms with Crippen molar-refractivity contribution < 1.29 is 0 Å². The predicted molar refractivity (Wildman–Crippen MR) is 113 cm³/mol. The number of aromatic nitrogens is 4. The first-order valence-electron chi connectivity index (χ1n) is 11.0. The molecule has 1 aliphatic carbocycles. The summed E-state index contributed by atoms with van der Waals surface area (Å²) in [5.74, 6) is 1.08. The third-order valence-corrected chi connectivity index (χ3v) is 6.80. The average molecular weight is 383 g/mol. The van der Waals surface area contributed by atoms with Crippen LogP contribution in [0, 0.1) is 13.8 Å². The Hall–Kier alpha value is -1.95. The van der Waals surface area contributed by atoms with Crippen LogP contribution in [-0.4, -0.2) is 51.3 Å². The van der Waals surface area contributed by atoms with Crippen LogP contribution in [0.25, 0.3) is 0 Å². The molecule has 1 aromatic carbocycles. The lowest BCUT2D eigenvalue weighted by molar-refractivity contribution is 0.163. The summed E-state index contributed by atoms with van der Waals surface area (Å²) in [6.07, 6.45) is 7.44. The van der Waals surface area contributed by atoms with Crippen LogP contribution in [0.3, 0.4) is 0 Å². The Balaban J connectivity index is 1.46. The highest BCUT2D eigenvalue weighted by Gasteiger charge is 2.30. The number of hydrogen-bond acceptors (Lipinski definition) is 5. The lowest BCUT2D eigenvalue weighted by Crippen LogP contribution is -2.48. The molecule has 1 saturated heterocycles. The zero-order chi connectivity index (χ0) is 19.5. The minimum absolute atomic E-state index is 0.317. The molecule has 1 aliphatic heterocycles. The minimum Gasteiger partial charge on any atom is -0.369 e. The van der Waals surface area contributed by atoms with Gasteiger partial charge in [-0.05, 0) is 60.7 Å². The van der Waals surface area contributed by atoms with Gasteiger partial charge in [0, 0.05) is 31.9 Å². The summed E-state index contributed by atoms with van der Waals surface area (Å²) in [5.41, 5.74) is 4.17. The molecule has 1 atom stereocenters. The highest BCUT2D eigenvalue weighted by molar-refractivity contribution is 5.56. The number of hydrogen-bond donors (Lipinski definition) is 0. The first kappa shape index (κ1) is 19.4. The maximum atomic E-state index is 4.49. The van der Waals surface area contributed by atoms with Gasteiger partial charge < -0.3 is 4.90 Å². The van der Waals surface area contributed by atoms with E-state index in [2.05, 4.69) is 69.0 Å². The number of tetrazole rings is 1. The van der Waals surface area contributed by atoms with Crippen molar-refractivity contribution in [2.45, 2.75) is 71.4 Å². The zero-order valence-corrected chi connectivity index (χ0v) is 17.6. The van der Waals surface area contributed by atoms with Crippen LogP contribution in [0.2, 0.25) is 0 Å². The Kier molecular flexibility index (Phi) is 5.95. The molecule has 1 aromatic heterocycles. The summed E-state index contributed by atoms with van der Waals surface area (Å²) in [4.78, 5) is 5.13. The van der Waals surface area contributed by atoms with Crippen LogP contribution in [0.1, 0.15) is 74.5 Å². The maximum absolute atomic E-state index is 4.49. The molecule has 28 heavy (non-hydrogen) atoms. The van der Waals surface area contributed by atoms with E-state index >= 15 is 0 Å². The van der Waals surface area contributed by atoms with Crippen LogP contribution in [0.5, 0.6) is 0 Å². The summed E-state index contributed by atoms with van der Waals surface area (Å²) < 4.78 is 2.16. The highest BCUT2D eigenvalue weighted by atomic mass is 15.6. The molecule has 4 rings (SSSR count). The van der Waals surface area contributed by atoms with Crippen molar-refractivity contribution in [2.24, 2.45) is 0 Å². The van der Waals surface area contributed by atoms with E-state index in [-0.39, 0.29) is 0 Å². The fourth-order valence-corrected chi connectivity index (χ4v) is 4.96. The van der Waals surface area contributed by atoms with E-state index in [9.17, 15) is 0 Å². The van der Waals surface area contributed by atoms with E-state index in [4.69, 9.17) is 0 Å². The standard InChI is InChI=1S/C22H34N6/c1-4-20(22-23-24-25-28(22)19-10-6-5-7-11-19)26-13-15-27(16-14-26)21-12-8-9-17(2)18(21)3/h8-9,12,19-20H,4-7,10-11,13-16H2,1-3H3/t20-/m1/s1. The molecular formula is C22H34N6. The van der Waals surface area contributed by atoms with Gasteiger partial charge in [-0.25, -0.2) is 4.68 Å². The lowest BCUT2D eigenvalue weighted by atomic mass is 9.95. The van der Waals surface area contributed by atoms with Gasteiger partial charge in [0.2, 0.25) is 0 Å². The number of anilines is 1. The fraction of sp³-hybridized carbons (Fsp3) is 0.682. The monoisotopic (exact) mass is 382 g/mol. The van der Waals surface area contributed by atoms with Crippen molar-refractivity contribution in [3.63, 3.8) is 0 Å². The lowest BCUT2D eigenvalue weighted by Gasteiger charge is -2.40. The molecule has 2 aliphatic rings. The van der Waals surface area contributed by atoms with Gasteiger partial charge in [-0.1, -0.05) is 38.3 Å². The van der Waals surface area contributed by atoms with Crippen LogP contribution in [0.4, 0.5) is 5.69 Å². The molecular weight excluding hydrogens is 348 g/mol. The number of nitrogens with zero attached hydrogens (tertiary/aromatic N) is 6. The van der Waals surface area contributed by atoms with E-state index in [0.717, 1.165) is 38.4 Å². The summed E-state index contributed by atoms with van der Waals surface area (Å²) in [6, 6.07) is 7.45. The number of rotatable bonds is 5. The van der Waals surface area contributed by atoms with Crippen molar-refractivity contribution >= 4 is 5.69 Å². The molecule has 2 heterocycles. The second kappa shape index (κ2) is 8.60. The smallest absolute Gasteiger partial charge is 0.168 e. The molecule has 2 aromatic rings. The van der Waals surface area contributed by atoms with Gasteiger partial charge in [0.1, 0.15) is 0 Å². The van der Waals surface area contributed by atoms with E-state index in [1.807, 2.05) is 0 Å². The van der Waals surface area contributed by atoms with Crippen LogP contribution < -0.4 is 4.90 Å². The van der Waals surface area contributed by atoms with Gasteiger partial charge in [-0.2, -0.15) is 0 Å². The third kappa shape index (κ3) is 3.79. The zero-order valence-electron chi connectivity index (χ0n) is 17.6. The van der Waals surface area contributed by atoms with Crippen LogP contribution in [-0.2, 0) is 0 Å². The molecule has 0 spiro atoms. The van der Waals surface area contributed by atoms with Crippen molar-refractivity contribution in [1.29, 1.82) is 0 Å². The van der Waals surface area contributed by atoms with Crippen molar-refractivity contribution in [1.82, 2.24) is 25.1 Å². The van der Waals surface area contributed by atoms with Gasteiger partial charge in [-0.3, -0.25) is 4.90 Å². The Bertz CT molecular complexity index is 771. The van der Waals surface area contributed by atoms with E-state index in [0.29, 0.717) is 12.1 Å². The minimum atomic E-state index is 0.317. The number of benzene rings is 1. The van der Waals surface area contributed by atoms with Gasteiger partial charge in [0.15, 0.2) is 5.82 Å². The summed E-state index contributed by atoms with van der Waals surface area (Å²) >= 11 is 0. The normalized spacial score (nSPS) is 20.5. The molecule has 0 radical (unpaired) electrons. The average Bonchev–Trinajstić information content (AvgIpc) is 3.21. The van der Waals surface area contributed by atoms with Crippen molar-refractivity contribution in [2.75, 3.05) is 31.1 Å². The summed E-state index contributed by atoms with van der Waals surface area (Å²) in [5, 5.41) is 13.0. The van der Waals surface area contributed by atoms with E-state index in [1.165, 1.54) is 48.9 Å². The van der Waals surface area contributed by atoms with Gasteiger partial charge in [-0.15, -0.1) is 5.10 Å². The van der Waals surface area contributed by atoms with Crippen molar-refractivity contribution in [3.8, 4) is 0 Å². The second-order valence-corrected chi connectivity index (χ2v) is 8.44. The Morgan fingerprint density at radius 1 is 1.04 bits per heavy atom. The predicted octanol–water partition coefficient (Wildman–Crippen LogP) is 4.07. The van der Waals surface area contributed by atoms with Crippen LogP contribution >= 0.6 is 0 Å². The maximum Gasteiger partial charge on any atom is 0.168 e. The van der Waals surface area contributed by atoms with Gasteiger partial charge >= 0.3 is 0 Å². The first-order chi connectivity index (χ1) is 13.7. The molecule has 0 unspecified atom stereocenters. The van der Waals surface area contributed by atoms with Crippen LogP contribution in [0.15, 0.2) is 18.2 Å². The topological polar surface area (TPSA) is 50.1 Å². The second-order valence-electron chi connectivity index (χ2n) is 8.44. The SMILES string of the molecule is CC[C@H](c1nnnn1C1CCCCC1)N1CCN(c2cccc(C)c2C)CC1. The first-order valence-corrected chi connectivity index (χ1v) is 11.0. The molecule has 152 valence electrons. The Morgan fingerprint density at radius 3 is 2.50 bits per heavy atom. The molecule has 0 bridgehead atoms. The Morgan fingerprint density at radius 2 is 1.79 bits per heavy atom. The van der Waals surface area contributed by atoms with E-state index in [1.54, 1.807) is 0 Å². The molecule has 0 amide bonds. The summed E-state index contributed by atoms with van der Waals surface area (Å²) in [7, 11) is 0. The molecule has 2 fully saturated rings. The molecule has 1 saturated carbocycles. The molecule has 6 heteroatoms. The Labute approximate surface area is 168 Å². The fourth-order valence-electron chi connectivity index (χ4n) is 4.96. The third-order valence-electron chi connectivity index (χ3n) is 6.80. The van der Waals surface area contributed by atoms with Gasteiger partial charge in [0.25, 0.3) is 0 Å². The quantitative estimate of drug-likeness (QED) is 0.780. The molecule has 6 nitrogen and oxygen atoms in total. The number of aryl methyl sites for hydroxylation is 1. The van der Waals surface area contributed by atoms with Gasteiger partial charge in [0.05, 0.1) is 12.1 Å². The number of piperazine rings is 1. The van der Waals surface area contributed by atoms with Crippen molar-refractivity contribution in [3.05, 3.63) is 35.2 Å². The largest absolute Gasteiger partial charge is 0.369 e. The highest BCUT2D eigenvalue weighted by Crippen LogP contribution is 2.32. The van der Waals surface area contributed by atoms with E-state index < -0.39 is 0 Å².